The van der Waals surface area contributed by atoms with E-state index in [0.717, 1.165) is 30.9 Å². The van der Waals surface area contributed by atoms with Crippen LogP contribution >= 0.6 is 66.9 Å². The number of nitrogens with zero attached hydrogens (tertiary/aromatic N) is 10. The van der Waals surface area contributed by atoms with Crippen molar-refractivity contribution in [3.63, 3.8) is 0 Å². The predicted molar refractivity (Wildman–Crippen MR) is 273 cm³/mol. The molecule has 6 aromatic heterocycles. The molecule has 30 heteroatoms. The number of ketones is 2. The van der Waals surface area contributed by atoms with E-state index in [0.29, 0.717) is 21.4 Å². The summed E-state index contributed by atoms with van der Waals surface area (Å²) in [6.07, 6.45) is -3.18. The minimum absolute atomic E-state index is 0. The molecule has 0 spiro atoms. The lowest BCUT2D eigenvalue weighted by Crippen LogP contribution is -2.45. The molecule has 0 aromatic carbocycles. The molecule has 8 heterocycles. The summed E-state index contributed by atoms with van der Waals surface area (Å²) < 4.78 is 31.3. The van der Waals surface area contributed by atoms with Gasteiger partial charge in [-0.3, -0.25) is 33.6 Å². The first kappa shape index (κ1) is 58.1. The van der Waals surface area contributed by atoms with Crippen LogP contribution < -0.4 is 21.7 Å². The maximum atomic E-state index is 14.3. The molecule has 2 fully saturated rings. The van der Waals surface area contributed by atoms with Gasteiger partial charge in [-0.2, -0.15) is 10.2 Å². The molecule has 0 radical (unpaired) electrons. The fourth-order valence-corrected chi connectivity index (χ4v) is 8.95. The second-order valence-electron chi connectivity index (χ2n) is 15.9. The highest BCUT2D eigenvalue weighted by Gasteiger charge is 2.42. The first-order valence-electron chi connectivity index (χ1n) is 21.7. The Balaban J connectivity index is 0.000000242. The number of hydrogen-bond acceptors (Lipinski definition) is 17. The molecule has 2 aliphatic heterocycles. The Morgan fingerprint density at radius 1 is 0.716 bits per heavy atom. The van der Waals surface area contributed by atoms with Crippen molar-refractivity contribution in [2.75, 3.05) is 23.7 Å². The summed E-state index contributed by atoms with van der Waals surface area (Å²) in [4.78, 5) is 117. The van der Waals surface area contributed by atoms with Gasteiger partial charge in [0.15, 0.2) is 11.6 Å². The molecule has 74 heavy (non-hydrogen) atoms. The number of pyridine rings is 2. The Kier molecular flexibility index (Phi) is 21.2. The van der Waals surface area contributed by atoms with Crippen LogP contribution in [-0.4, -0.2) is 139 Å². The van der Waals surface area contributed by atoms with Crippen molar-refractivity contribution in [3.8, 4) is 0 Å². The number of amides is 5. The van der Waals surface area contributed by atoms with Crippen LogP contribution in [0.25, 0.3) is 0 Å². The molecule has 23 nitrogen and oxygen atoms in total. The van der Waals surface area contributed by atoms with Crippen LogP contribution in [0.4, 0.5) is 20.4 Å². The zero-order chi connectivity index (χ0) is 52.9. The number of aromatic carboxylic acids is 1. The quantitative estimate of drug-likeness (QED) is 0.0684. The van der Waals surface area contributed by atoms with E-state index in [9.17, 15) is 52.2 Å². The lowest BCUT2D eigenvalue weighted by atomic mass is 10.2. The Hall–Kier alpha value is -6.79. The molecule has 4 atom stereocenters. The molecular weight excluding hydrogens is 1170 g/mol. The van der Waals surface area contributed by atoms with Crippen LogP contribution in [0.15, 0.2) is 79.5 Å². The zero-order valence-electron chi connectivity index (χ0n) is 38.9. The summed E-state index contributed by atoms with van der Waals surface area (Å²) >= 11 is 9.35. The molecule has 5 amide bonds. The fraction of sp³-hybridized carbons (Fsp3) is 0.318. The number of hydrogen-bond donors (Lipinski definition) is 5. The minimum atomic E-state index is -1.41. The van der Waals surface area contributed by atoms with Crippen molar-refractivity contribution < 1.29 is 52.2 Å². The number of anilines is 2. The Bertz CT molecular complexity index is 2990. The summed E-state index contributed by atoms with van der Waals surface area (Å²) in [7, 11) is 0. The number of likely N-dealkylation sites (tertiary alicyclic amines) is 2. The standard InChI is InChI=1S/C22H21BrFN7O4S.C18H17BrFN5O5.C4H6N2S.ClH/c1-12(32)15-6-17(21(34)25-7-14-10-36-11-26-14)31(29-15)9-20(33)30-8-13(24)5-16(30)22(35)28-19-4-2-3-18(23)27-19;1-9(26)11-6-13(18(29)30)25(23-11)8-16(27)24-7-10(20)5-12(24)17(28)22-15-4-2-3-14(19)21-15;5-1-4-2-7-3-6-4;/h2-4,6,10-11,13,16H,5,7-9H2,1H3,(H,25,34)(H,27,28,35);2-4,6,10,12H,5,7-8H2,1H3,(H,29,30)(H,21,22,28);2-3H,1,5H2;1H/t13-,16+;10-,12+;;/m11../s1. The average Bonchev–Trinajstić information content (AvgIpc) is 4.21. The molecule has 8 rings (SSSR count). The maximum Gasteiger partial charge on any atom is 0.354 e. The first-order valence-corrected chi connectivity index (χ1v) is 25.1. The number of carbonyl (C=O) groups excluding carboxylic acids is 7. The number of carboxylic acid groups (broad SMARTS) is 1. The summed E-state index contributed by atoms with van der Waals surface area (Å²) in [6.45, 7) is 1.60. The van der Waals surface area contributed by atoms with Crippen molar-refractivity contribution >= 4 is 126 Å². The lowest BCUT2D eigenvalue weighted by molar-refractivity contribution is -0.137. The Morgan fingerprint density at radius 2 is 1.16 bits per heavy atom. The predicted octanol–water partition coefficient (Wildman–Crippen LogP) is 4.75. The molecular formula is C44H45Br2ClF2N14O9S2. The molecule has 2 saturated heterocycles. The molecule has 0 bridgehead atoms. The third kappa shape index (κ3) is 15.9. The molecule has 2 aliphatic rings. The number of aromatic nitrogens is 8. The Morgan fingerprint density at radius 3 is 1.55 bits per heavy atom. The van der Waals surface area contributed by atoms with E-state index in [1.165, 1.54) is 31.3 Å². The largest absolute Gasteiger partial charge is 0.477 e. The third-order valence-electron chi connectivity index (χ3n) is 10.6. The van der Waals surface area contributed by atoms with Gasteiger partial charge in [0.2, 0.25) is 23.6 Å². The van der Waals surface area contributed by atoms with E-state index in [1.807, 2.05) is 5.38 Å². The van der Waals surface area contributed by atoms with Gasteiger partial charge in [0.1, 0.15) is 81.1 Å². The van der Waals surface area contributed by atoms with Crippen LogP contribution in [-0.2, 0) is 45.4 Å². The summed E-state index contributed by atoms with van der Waals surface area (Å²) in [5.74, 6) is -4.82. The molecule has 0 unspecified atom stereocenters. The van der Waals surface area contributed by atoms with Gasteiger partial charge in [-0.25, -0.2) is 42.9 Å². The Labute approximate surface area is 450 Å². The number of Topliss-reactive ketones (excluding diaryl/α,β-unsaturated/α-hetero) is 2. The van der Waals surface area contributed by atoms with Gasteiger partial charge in [-0.1, -0.05) is 12.1 Å². The monoisotopic (exact) mass is 1210 g/mol. The SMILES string of the molecule is CC(=O)c1cc(C(=O)NCc2cscn2)n(CC(=O)N2C[C@H](F)C[C@H]2C(=O)Nc2cccc(Br)n2)n1.CC(=O)c1cc(C(=O)O)n(CC(=O)N2C[C@H](F)C[C@H]2C(=O)Nc2cccc(Br)n2)n1.Cl.NCc1cscn1. The summed E-state index contributed by atoms with van der Waals surface area (Å²) in [5.41, 5.74) is 9.80. The van der Waals surface area contributed by atoms with E-state index in [-0.39, 0.29) is 79.3 Å². The normalized spacial score (nSPS) is 16.6. The first-order chi connectivity index (χ1) is 34.8. The molecule has 0 aliphatic carbocycles. The van der Waals surface area contributed by atoms with E-state index in [1.54, 1.807) is 64.1 Å². The number of alkyl halides is 2. The van der Waals surface area contributed by atoms with Crippen LogP contribution in [0.3, 0.4) is 0 Å². The number of carboxylic acids is 1. The number of rotatable bonds is 15. The summed E-state index contributed by atoms with van der Waals surface area (Å²) in [6, 6.07) is 9.97. The van der Waals surface area contributed by atoms with Gasteiger partial charge in [-0.15, -0.1) is 35.1 Å². The van der Waals surface area contributed by atoms with Crippen LogP contribution in [0.5, 0.6) is 0 Å². The van der Waals surface area contributed by atoms with Crippen molar-refractivity contribution in [1.82, 2.24) is 54.6 Å². The van der Waals surface area contributed by atoms with Gasteiger partial charge < -0.3 is 36.6 Å². The van der Waals surface area contributed by atoms with E-state index in [2.05, 4.69) is 77.9 Å². The number of nitrogens with two attached hydrogens (primary N) is 1. The maximum absolute atomic E-state index is 14.3. The van der Waals surface area contributed by atoms with Gasteiger partial charge in [0.05, 0.1) is 42.0 Å². The van der Waals surface area contributed by atoms with Crippen molar-refractivity contribution in [2.24, 2.45) is 5.73 Å². The van der Waals surface area contributed by atoms with Crippen molar-refractivity contribution in [1.29, 1.82) is 0 Å². The van der Waals surface area contributed by atoms with Crippen molar-refractivity contribution in [3.05, 3.63) is 114 Å². The molecule has 392 valence electrons. The number of halogens is 5. The summed E-state index contributed by atoms with van der Waals surface area (Å²) in [5, 5.41) is 28.7. The smallest absolute Gasteiger partial charge is 0.354 e. The van der Waals surface area contributed by atoms with Crippen LogP contribution in [0, 0.1) is 0 Å². The van der Waals surface area contributed by atoms with Crippen LogP contribution in [0.1, 0.15) is 80.0 Å². The van der Waals surface area contributed by atoms with Crippen LogP contribution in [0.2, 0.25) is 0 Å². The van der Waals surface area contributed by atoms with E-state index < -0.39 is 84.6 Å². The third-order valence-corrected chi connectivity index (χ3v) is 12.7. The topological polar surface area (TPSA) is 313 Å². The van der Waals surface area contributed by atoms with Crippen molar-refractivity contribution in [2.45, 2.75) is 77.3 Å². The van der Waals surface area contributed by atoms with Gasteiger partial charge in [-0.05, 0) is 56.1 Å². The van der Waals surface area contributed by atoms with Gasteiger partial charge in [0, 0.05) is 56.1 Å². The zero-order valence-corrected chi connectivity index (χ0v) is 44.5. The molecule has 0 saturated carbocycles. The molecule has 6 aromatic rings. The highest BCUT2D eigenvalue weighted by atomic mass is 79.9. The minimum Gasteiger partial charge on any atom is -0.477 e. The highest BCUT2D eigenvalue weighted by molar-refractivity contribution is 9.10. The van der Waals surface area contributed by atoms with Gasteiger partial charge >= 0.3 is 5.97 Å². The lowest BCUT2D eigenvalue weighted by Gasteiger charge is -2.23. The second-order valence-corrected chi connectivity index (χ2v) is 18.9. The number of nitrogens with one attached hydrogen (secondary N) is 3. The fourth-order valence-electron chi connectivity index (χ4n) is 7.13. The van der Waals surface area contributed by atoms with E-state index >= 15 is 0 Å². The highest BCUT2D eigenvalue weighted by Crippen LogP contribution is 2.25. The average molecular weight is 1210 g/mol. The second kappa shape index (κ2) is 27.0. The molecule has 6 N–H and O–H groups in total. The number of carbonyl (C=O) groups is 8. The number of thiazole rings is 2. The van der Waals surface area contributed by atoms with Gasteiger partial charge in [0.25, 0.3) is 5.91 Å². The van der Waals surface area contributed by atoms with E-state index in [4.69, 9.17) is 5.73 Å².